The van der Waals surface area contributed by atoms with Gasteiger partial charge in [-0.25, -0.2) is 0 Å². The smallest absolute Gasteiger partial charge is 0.161 e. The lowest BCUT2D eigenvalue weighted by Crippen LogP contribution is -2.33. The average Bonchev–Trinajstić information content (AvgIpc) is 2.54. The first kappa shape index (κ1) is 17.8. The second-order valence-electron chi connectivity index (χ2n) is 6.01. The molecule has 1 aliphatic heterocycles. The molecule has 1 aromatic rings. The van der Waals surface area contributed by atoms with Gasteiger partial charge in [-0.05, 0) is 61.1 Å². The number of ether oxygens (including phenoxy) is 2. The molecule has 124 valence electrons. The molecule has 2 rings (SSSR count). The molecule has 22 heavy (non-hydrogen) atoms. The molecule has 0 fully saturated rings. The number of rotatable bonds is 7. The summed E-state index contributed by atoms with van der Waals surface area (Å²) >= 11 is 8.02. The molecule has 2 atom stereocenters. The summed E-state index contributed by atoms with van der Waals surface area (Å²) in [5.41, 5.74) is 2.83. The predicted octanol–water partition coefficient (Wildman–Crippen LogP) is 5.25. The lowest BCUT2D eigenvalue weighted by molar-refractivity contribution is 0.344. The number of hydrogen-bond donors (Lipinski definition) is 0. The lowest BCUT2D eigenvalue weighted by atomic mass is 9.79. The molecular formula is C18H27ClO2S. The molecular weight excluding hydrogens is 316 g/mol. The molecule has 0 aromatic heterocycles. The zero-order chi connectivity index (χ0) is 16.2. The van der Waals surface area contributed by atoms with E-state index in [9.17, 15) is 0 Å². The first-order valence-corrected chi connectivity index (χ1v) is 9.58. The molecule has 0 amide bonds. The standard InChI is InChI=1S/C18H27ClO2S/c1-5-14(7-6-9-19)18(2)15-12-17(21-4)16(20-3)11-13(15)8-10-22-18/h11-12,14H,5-10H2,1-4H3. The fraction of sp³-hybridized carbons (Fsp3) is 0.667. The quantitative estimate of drug-likeness (QED) is 0.630. The molecule has 0 saturated heterocycles. The summed E-state index contributed by atoms with van der Waals surface area (Å²) < 4.78 is 11.1. The van der Waals surface area contributed by atoms with Crippen LogP contribution in [-0.2, 0) is 11.2 Å². The van der Waals surface area contributed by atoms with Crippen LogP contribution in [0, 0.1) is 5.92 Å². The number of thioether (sulfide) groups is 1. The summed E-state index contributed by atoms with van der Waals surface area (Å²) in [6, 6.07) is 4.37. The van der Waals surface area contributed by atoms with Crippen molar-refractivity contribution in [1.82, 2.24) is 0 Å². The third-order valence-corrected chi connectivity index (χ3v) is 6.70. The Balaban J connectivity index is 2.45. The Morgan fingerprint density at radius 2 is 1.95 bits per heavy atom. The van der Waals surface area contributed by atoms with E-state index < -0.39 is 0 Å². The second-order valence-corrected chi connectivity index (χ2v) is 7.93. The Bertz CT molecular complexity index is 506. The fourth-order valence-electron chi connectivity index (χ4n) is 3.57. The maximum absolute atomic E-state index is 5.93. The van der Waals surface area contributed by atoms with Crippen LogP contribution in [0.2, 0.25) is 0 Å². The third kappa shape index (κ3) is 3.35. The van der Waals surface area contributed by atoms with Crippen molar-refractivity contribution >= 4 is 23.4 Å². The Morgan fingerprint density at radius 3 is 2.55 bits per heavy atom. The van der Waals surface area contributed by atoms with Gasteiger partial charge in [0.15, 0.2) is 11.5 Å². The number of halogens is 1. The summed E-state index contributed by atoms with van der Waals surface area (Å²) in [5, 5.41) is 0. The maximum atomic E-state index is 5.93. The van der Waals surface area contributed by atoms with E-state index in [2.05, 4.69) is 37.7 Å². The first-order chi connectivity index (χ1) is 10.6. The van der Waals surface area contributed by atoms with E-state index in [1.54, 1.807) is 14.2 Å². The molecule has 4 heteroatoms. The van der Waals surface area contributed by atoms with Gasteiger partial charge in [0.25, 0.3) is 0 Å². The van der Waals surface area contributed by atoms with Crippen LogP contribution >= 0.6 is 23.4 Å². The number of methoxy groups -OCH3 is 2. The van der Waals surface area contributed by atoms with Crippen LogP contribution in [0.3, 0.4) is 0 Å². The number of hydrogen-bond acceptors (Lipinski definition) is 3. The molecule has 0 saturated carbocycles. The molecule has 0 spiro atoms. The van der Waals surface area contributed by atoms with E-state index in [1.165, 1.54) is 24.0 Å². The summed E-state index contributed by atoms with van der Waals surface area (Å²) in [4.78, 5) is 0. The zero-order valence-electron chi connectivity index (χ0n) is 14.1. The Hall–Kier alpha value is -0.540. The van der Waals surface area contributed by atoms with Gasteiger partial charge in [0.05, 0.1) is 14.2 Å². The van der Waals surface area contributed by atoms with Crippen LogP contribution < -0.4 is 9.47 Å². The van der Waals surface area contributed by atoms with Crippen molar-refractivity contribution in [2.45, 2.75) is 44.3 Å². The highest BCUT2D eigenvalue weighted by molar-refractivity contribution is 8.00. The SMILES string of the molecule is CCC(CCCCl)C1(C)SCCc2cc(OC)c(OC)cc21. The van der Waals surface area contributed by atoms with Gasteiger partial charge in [0.1, 0.15) is 0 Å². The molecule has 0 aliphatic carbocycles. The van der Waals surface area contributed by atoms with E-state index in [0.717, 1.165) is 36.0 Å². The average molecular weight is 343 g/mol. The van der Waals surface area contributed by atoms with Gasteiger partial charge in [-0.15, -0.1) is 23.4 Å². The number of benzene rings is 1. The lowest BCUT2D eigenvalue weighted by Gasteiger charge is -2.42. The van der Waals surface area contributed by atoms with Gasteiger partial charge < -0.3 is 9.47 Å². The predicted molar refractivity (Wildman–Crippen MR) is 96.8 cm³/mol. The Kier molecular flexibility index (Phi) is 6.34. The zero-order valence-corrected chi connectivity index (χ0v) is 15.6. The highest BCUT2D eigenvalue weighted by Gasteiger charge is 2.39. The van der Waals surface area contributed by atoms with E-state index in [4.69, 9.17) is 21.1 Å². The molecule has 2 nitrogen and oxygen atoms in total. The van der Waals surface area contributed by atoms with Crippen molar-refractivity contribution in [2.75, 3.05) is 25.9 Å². The van der Waals surface area contributed by atoms with Crippen molar-refractivity contribution in [3.05, 3.63) is 23.3 Å². The Labute approximate surface area is 143 Å². The normalized spacial score (nSPS) is 22.0. The van der Waals surface area contributed by atoms with Crippen molar-refractivity contribution in [3.63, 3.8) is 0 Å². The minimum absolute atomic E-state index is 0.133. The molecule has 1 aliphatic rings. The summed E-state index contributed by atoms with van der Waals surface area (Å²) in [7, 11) is 3.42. The summed E-state index contributed by atoms with van der Waals surface area (Å²) in [6.07, 6.45) is 4.53. The number of alkyl halides is 1. The van der Waals surface area contributed by atoms with E-state index in [-0.39, 0.29) is 4.75 Å². The third-order valence-electron chi connectivity index (χ3n) is 4.88. The minimum Gasteiger partial charge on any atom is -0.493 e. The highest BCUT2D eigenvalue weighted by Crippen LogP contribution is 2.52. The van der Waals surface area contributed by atoms with Crippen LogP contribution in [-0.4, -0.2) is 25.9 Å². The molecule has 0 bridgehead atoms. The van der Waals surface area contributed by atoms with Crippen molar-refractivity contribution in [3.8, 4) is 11.5 Å². The number of aryl methyl sites for hydroxylation is 1. The van der Waals surface area contributed by atoms with Crippen LogP contribution in [0.4, 0.5) is 0 Å². The van der Waals surface area contributed by atoms with E-state index >= 15 is 0 Å². The molecule has 1 aromatic carbocycles. The minimum atomic E-state index is 0.133. The molecule has 2 unspecified atom stereocenters. The van der Waals surface area contributed by atoms with Gasteiger partial charge in [-0.1, -0.05) is 13.3 Å². The summed E-state index contributed by atoms with van der Waals surface area (Å²) in [6.45, 7) is 4.68. The van der Waals surface area contributed by atoms with Crippen LogP contribution in [0.15, 0.2) is 12.1 Å². The first-order valence-electron chi connectivity index (χ1n) is 8.06. The van der Waals surface area contributed by atoms with Crippen LogP contribution in [0.25, 0.3) is 0 Å². The highest BCUT2D eigenvalue weighted by atomic mass is 35.5. The monoisotopic (exact) mass is 342 g/mol. The molecule has 0 radical (unpaired) electrons. The van der Waals surface area contributed by atoms with Crippen LogP contribution in [0.5, 0.6) is 11.5 Å². The largest absolute Gasteiger partial charge is 0.493 e. The van der Waals surface area contributed by atoms with E-state index in [1.807, 2.05) is 0 Å². The van der Waals surface area contributed by atoms with E-state index in [0.29, 0.717) is 5.92 Å². The fourth-order valence-corrected chi connectivity index (χ4v) is 5.34. The van der Waals surface area contributed by atoms with Gasteiger partial charge in [-0.2, -0.15) is 0 Å². The van der Waals surface area contributed by atoms with Gasteiger partial charge in [0, 0.05) is 10.6 Å². The van der Waals surface area contributed by atoms with Crippen LogP contribution in [0.1, 0.15) is 44.2 Å². The second kappa shape index (κ2) is 7.83. The number of fused-ring (bicyclic) bond motifs is 1. The molecule has 0 N–H and O–H groups in total. The van der Waals surface area contributed by atoms with Gasteiger partial charge in [-0.3, -0.25) is 0 Å². The topological polar surface area (TPSA) is 18.5 Å². The van der Waals surface area contributed by atoms with Crippen molar-refractivity contribution in [1.29, 1.82) is 0 Å². The summed E-state index contributed by atoms with van der Waals surface area (Å²) in [5.74, 6) is 4.21. The molecule has 1 heterocycles. The Morgan fingerprint density at radius 1 is 1.27 bits per heavy atom. The maximum Gasteiger partial charge on any atom is 0.161 e. The van der Waals surface area contributed by atoms with Gasteiger partial charge in [0.2, 0.25) is 0 Å². The van der Waals surface area contributed by atoms with Gasteiger partial charge >= 0.3 is 0 Å². The van der Waals surface area contributed by atoms with Crippen molar-refractivity contribution < 1.29 is 9.47 Å². The van der Waals surface area contributed by atoms with Crippen molar-refractivity contribution in [2.24, 2.45) is 5.92 Å².